The van der Waals surface area contributed by atoms with Crippen LogP contribution in [0.25, 0.3) is 0 Å². The standard InChI is InChI=1S/C79H132O17P2/c1-5-9-13-17-21-25-29-32-35-36-39-41-45-48-52-56-60-64-77(82)90-70-75(96-79(84)66-62-58-54-50-46-42-38-34-31-27-23-19-15-11-7-3)72-94-98(87,88)92-68-73(80)67-91-97(85,86)93-71-74(95-78(83)65-61-57-53-49-43-28-24-20-16-12-8-4)69-89-76(81)63-59-55-51-47-44-40-37-33-30-26-22-18-14-10-6-2/h9,11,13,15,21-23,25-27,32-35,37-39,41,46,50,58,62,73-75,80H,5-8,10,12,14,16-20,24,28-31,36,40,42-45,47-49,51-57,59-61,63-72H2,1-4H3,(H,85,86)(H,87,88)/b13-9-,15-11-,25-21-,26-22-,27-23-,35-32-,37-33-,38-34-,41-39-,50-46-,62-58-. The van der Waals surface area contributed by atoms with Crippen molar-refractivity contribution in [3.05, 3.63) is 134 Å². The van der Waals surface area contributed by atoms with Crippen LogP contribution in [0, 0.1) is 0 Å². The highest BCUT2D eigenvalue weighted by Crippen LogP contribution is 2.45. The summed E-state index contributed by atoms with van der Waals surface area (Å²) in [6.07, 6.45) is 77.7. The normalized spacial score (nSPS) is 14.7. The quantitative estimate of drug-likeness (QED) is 0.0169. The predicted octanol–water partition coefficient (Wildman–Crippen LogP) is 21.3. The summed E-state index contributed by atoms with van der Waals surface area (Å²) in [5, 5.41) is 10.6. The van der Waals surface area contributed by atoms with Crippen LogP contribution >= 0.6 is 15.6 Å². The highest BCUT2D eigenvalue weighted by atomic mass is 31.2. The van der Waals surface area contributed by atoms with E-state index >= 15 is 0 Å². The van der Waals surface area contributed by atoms with Crippen molar-refractivity contribution >= 4 is 39.5 Å². The molecule has 0 heterocycles. The molecular weight excluding hydrogens is 1280 g/mol. The van der Waals surface area contributed by atoms with E-state index in [1.54, 1.807) is 12.2 Å². The van der Waals surface area contributed by atoms with E-state index in [4.69, 9.17) is 37.0 Å². The zero-order chi connectivity index (χ0) is 71.8. The number of phosphoric acid groups is 2. The second-order valence-electron chi connectivity index (χ2n) is 24.5. The number of phosphoric ester groups is 2. The van der Waals surface area contributed by atoms with Gasteiger partial charge in [0.2, 0.25) is 0 Å². The number of hydrogen-bond donors (Lipinski definition) is 3. The van der Waals surface area contributed by atoms with E-state index in [0.717, 1.165) is 148 Å². The van der Waals surface area contributed by atoms with Crippen molar-refractivity contribution in [1.82, 2.24) is 0 Å². The van der Waals surface area contributed by atoms with Gasteiger partial charge in [0.15, 0.2) is 12.2 Å². The van der Waals surface area contributed by atoms with Crippen molar-refractivity contribution < 1.29 is 80.2 Å². The molecule has 0 aromatic carbocycles. The third-order valence-electron chi connectivity index (χ3n) is 15.1. The average Bonchev–Trinajstić information content (AvgIpc) is 0.980. The van der Waals surface area contributed by atoms with Crippen LogP contribution in [0.4, 0.5) is 0 Å². The van der Waals surface area contributed by atoms with Crippen LogP contribution in [0.2, 0.25) is 0 Å². The van der Waals surface area contributed by atoms with Gasteiger partial charge in [0, 0.05) is 19.3 Å². The first kappa shape index (κ1) is 93.2. The summed E-state index contributed by atoms with van der Waals surface area (Å²) in [6.45, 7) is 4.44. The van der Waals surface area contributed by atoms with Crippen LogP contribution in [-0.2, 0) is 65.4 Å². The fraction of sp³-hybridized carbons (Fsp3) is 0.671. The van der Waals surface area contributed by atoms with Gasteiger partial charge in [0.25, 0.3) is 0 Å². The molecule has 0 radical (unpaired) electrons. The Morgan fingerprint density at radius 1 is 0.306 bits per heavy atom. The number of rotatable bonds is 69. The summed E-state index contributed by atoms with van der Waals surface area (Å²) >= 11 is 0. The molecule has 0 rings (SSSR count). The largest absolute Gasteiger partial charge is 0.472 e. The lowest BCUT2D eigenvalue weighted by Crippen LogP contribution is -2.30. The third kappa shape index (κ3) is 69.7. The number of carbonyl (C=O) groups is 4. The van der Waals surface area contributed by atoms with E-state index in [0.29, 0.717) is 25.7 Å². The minimum Gasteiger partial charge on any atom is -0.462 e. The molecule has 17 nitrogen and oxygen atoms in total. The highest BCUT2D eigenvalue weighted by Gasteiger charge is 2.30. The Balaban J connectivity index is 5.43. The molecule has 0 aliphatic heterocycles. The van der Waals surface area contributed by atoms with E-state index in [9.17, 15) is 43.2 Å². The smallest absolute Gasteiger partial charge is 0.462 e. The van der Waals surface area contributed by atoms with Crippen LogP contribution in [0.5, 0.6) is 0 Å². The van der Waals surface area contributed by atoms with Crippen molar-refractivity contribution in [1.29, 1.82) is 0 Å². The molecule has 5 unspecified atom stereocenters. The van der Waals surface area contributed by atoms with Gasteiger partial charge in [0.05, 0.1) is 32.8 Å². The molecule has 0 aliphatic rings. The number of aliphatic hydroxyl groups is 1. The fourth-order valence-electron chi connectivity index (χ4n) is 9.49. The summed E-state index contributed by atoms with van der Waals surface area (Å²) < 4.78 is 68.2. The molecule has 0 spiro atoms. The maximum absolute atomic E-state index is 13.1. The Morgan fingerprint density at radius 2 is 0.571 bits per heavy atom. The van der Waals surface area contributed by atoms with Crippen LogP contribution in [0.1, 0.15) is 285 Å². The van der Waals surface area contributed by atoms with Crippen LogP contribution in [0.3, 0.4) is 0 Å². The van der Waals surface area contributed by atoms with E-state index in [1.807, 2.05) is 12.2 Å². The lowest BCUT2D eigenvalue weighted by Gasteiger charge is -2.21. The Hall–Kier alpha value is -4.80. The highest BCUT2D eigenvalue weighted by molar-refractivity contribution is 7.47. The van der Waals surface area contributed by atoms with Gasteiger partial charge in [-0.2, -0.15) is 0 Å². The Labute approximate surface area is 593 Å². The van der Waals surface area contributed by atoms with Gasteiger partial charge in [0.1, 0.15) is 19.3 Å². The summed E-state index contributed by atoms with van der Waals surface area (Å²) in [5.74, 6) is -2.37. The van der Waals surface area contributed by atoms with Crippen molar-refractivity contribution in [3.63, 3.8) is 0 Å². The molecule has 560 valence electrons. The molecular formula is C79H132O17P2. The summed E-state index contributed by atoms with van der Waals surface area (Å²) in [4.78, 5) is 72.7. The number of aliphatic hydroxyl groups excluding tert-OH is 1. The van der Waals surface area contributed by atoms with Crippen LogP contribution in [-0.4, -0.2) is 96.7 Å². The van der Waals surface area contributed by atoms with E-state index in [-0.39, 0.29) is 25.7 Å². The molecule has 0 aromatic rings. The summed E-state index contributed by atoms with van der Waals surface area (Å²) in [5.41, 5.74) is 0. The Kier molecular flexibility index (Phi) is 67.2. The molecule has 0 amide bonds. The number of ether oxygens (including phenoxy) is 4. The van der Waals surface area contributed by atoms with Crippen LogP contribution in [0.15, 0.2) is 134 Å². The lowest BCUT2D eigenvalue weighted by molar-refractivity contribution is -0.161. The van der Waals surface area contributed by atoms with E-state index in [2.05, 4.69) is 137 Å². The SMILES string of the molecule is CC/C=C\C/C=C\C/C=C\C/C=C\C/C=C\CC(=O)OC(COC(=O)CCCCCC/C=C\C/C=C\C/C=C\C/C=C\CC)COP(=O)(O)OCC(O)COP(=O)(O)OCC(COC(=O)CCCCCCC/C=C\C/C=C\CCCCC)OC(=O)CCCCCCCCCCCCC. The van der Waals surface area contributed by atoms with Crippen LogP contribution < -0.4 is 0 Å². The molecule has 0 saturated heterocycles. The molecule has 0 bridgehead atoms. The molecule has 0 aromatic heterocycles. The van der Waals surface area contributed by atoms with Crippen molar-refractivity contribution in [2.75, 3.05) is 39.6 Å². The minimum absolute atomic E-state index is 0.0890. The fourth-order valence-corrected chi connectivity index (χ4v) is 11.1. The number of esters is 4. The maximum Gasteiger partial charge on any atom is 0.472 e. The van der Waals surface area contributed by atoms with Gasteiger partial charge in [-0.1, -0.05) is 271 Å². The van der Waals surface area contributed by atoms with Gasteiger partial charge in [-0.15, -0.1) is 0 Å². The van der Waals surface area contributed by atoms with E-state index < -0.39 is 97.5 Å². The van der Waals surface area contributed by atoms with Crippen molar-refractivity contribution in [3.8, 4) is 0 Å². The number of hydrogen-bond acceptors (Lipinski definition) is 15. The predicted molar refractivity (Wildman–Crippen MR) is 399 cm³/mol. The van der Waals surface area contributed by atoms with Gasteiger partial charge in [-0.05, 0) is 122 Å². The van der Waals surface area contributed by atoms with Crippen molar-refractivity contribution in [2.45, 2.75) is 303 Å². The van der Waals surface area contributed by atoms with Gasteiger partial charge in [-0.3, -0.25) is 37.3 Å². The Morgan fingerprint density at radius 3 is 0.929 bits per heavy atom. The zero-order valence-corrected chi connectivity index (χ0v) is 62.7. The van der Waals surface area contributed by atoms with Gasteiger partial charge < -0.3 is 33.8 Å². The van der Waals surface area contributed by atoms with Gasteiger partial charge in [-0.25, -0.2) is 9.13 Å². The Bertz CT molecular complexity index is 2380. The number of allylic oxidation sites excluding steroid dienone is 21. The molecule has 3 N–H and O–H groups in total. The molecule has 0 saturated carbocycles. The third-order valence-corrected chi connectivity index (χ3v) is 17.0. The monoisotopic (exact) mass is 1410 g/mol. The summed E-state index contributed by atoms with van der Waals surface area (Å²) in [6, 6.07) is 0. The number of carbonyl (C=O) groups excluding carboxylic acids is 4. The summed E-state index contributed by atoms with van der Waals surface area (Å²) in [7, 11) is -9.99. The lowest BCUT2D eigenvalue weighted by atomic mass is 10.1. The van der Waals surface area contributed by atoms with E-state index in [1.165, 1.54) is 57.8 Å². The molecule has 0 fully saturated rings. The molecule has 0 aliphatic carbocycles. The van der Waals surface area contributed by atoms with Gasteiger partial charge >= 0.3 is 39.5 Å². The second-order valence-corrected chi connectivity index (χ2v) is 27.4. The molecule has 98 heavy (non-hydrogen) atoms. The topological polar surface area (TPSA) is 237 Å². The second kappa shape index (κ2) is 70.6. The minimum atomic E-state index is -5.01. The zero-order valence-electron chi connectivity index (χ0n) is 60.9. The maximum atomic E-state index is 13.1. The molecule has 5 atom stereocenters. The molecule has 19 heteroatoms. The first-order valence-electron chi connectivity index (χ1n) is 37.4. The van der Waals surface area contributed by atoms with Crippen molar-refractivity contribution in [2.24, 2.45) is 0 Å². The first-order chi connectivity index (χ1) is 47.7. The average molecular weight is 1420 g/mol. The first-order valence-corrected chi connectivity index (χ1v) is 40.4. The number of unbranched alkanes of at least 4 members (excludes halogenated alkanes) is 22.